The van der Waals surface area contributed by atoms with E-state index in [9.17, 15) is 14.4 Å². The molecule has 9 nitrogen and oxygen atoms in total. The Morgan fingerprint density at radius 3 is 2.34 bits per heavy atom. The summed E-state index contributed by atoms with van der Waals surface area (Å²) in [6.07, 6.45) is 4.28. The fourth-order valence-corrected chi connectivity index (χ4v) is 2.82. The fraction of sp³-hybridized carbons (Fsp3) is 0.0769. The number of hydrogen-bond acceptors (Lipinski definition) is 7. The largest absolute Gasteiger partial charge is 0.497 e. The van der Waals surface area contributed by atoms with Crippen LogP contribution in [0.2, 0.25) is 0 Å². The SMILES string of the molecule is COc1cccc(NC(=O)C(=O)N/N=C/c2ccc(OC(=O)/C=C/c3ccccc3)c(OC)c2)c1. The van der Waals surface area contributed by atoms with Gasteiger partial charge in [-0.25, -0.2) is 10.2 Å². The number of nitrogens with one attached hydrogen (secondary N) is 2. The number of amides is 2. The van der Waals surface area contributed by atoms with E-state index in [0.29, 0.717) is 17.0 Å². The maximum atomic E-state index is 12.1. The van der Waals surface area contributed by atoms with Crippen molar-refractivity contribution in [1.82, 2.24) is 5.43 Å². The molecule has 9 heteroatoms. The van der Waals surface area contributed by atoms with Crippen LogP contribution in [-0.4, -0.2) is 38.2 Å². The van der Waals surface area contributed by atoms with E-state index in [1.54, 1.807) is 42.5 Å². The second kappa shape index (κ2) is 12.4. The van der Waals surface area contributed by atoms with E-state index in [-0.39, 0.29) is 11.5 Å². The van der Waals surface area contributed by atoms with Crippen LogP contribution in [0.1, 0.15) is 11.1 Å². The second-order valence-electron chi connectivity index (χ2n) is 6.96. The highest BCUT2D eigenvalue weighted by molar-refractivity contribution is 6.39. The Morgan fingerprint density at radius 2 is 1.60 bits per heavy atom. The number of hydrazone groups is 1. The highest BCUT2D eigenvalue weighted by Crippen LogP contribution is 2.28. The lowest BCUT2D eigenvalue weighted by Gasteiger charge is -2.08. The van der Waals surface area contributed by atoms with Crippen LogP contribution in [0.3, 0.4) is 0 Å². The van der Waals surface area contributed by atoms with E-state index in [0.717, 1.165) is 5.56 Å². The minimum atomic E-state index is -0.952. The molecule has 0 radical (unpaired) electrons. The highest BCUT2D eigenvalue weighted by Gasteiger charge is 2.13. The van der Waals surface area contributed by atoms with Crippen LogP contribution in [0, 0.1) is 0 Å². The van der Waals surface area contributed by atoms with Gasteiger partial charge in [0.05, 0.1) is 20.4 Å². The fourth-order valence-electron chi connectivity index (χ4n) is 2.82. The molecule has 0 saturated carbocycles. The average molecular weight is 473 g/mol. The molecule has 3 aromatic rings. The van der Waals surface area contributed by atoms with Gasteiger partial charge in [0.2, 0.25) is 0 Å². The van der Waals surface area contributed by atoms with Crippen molar-refractivity contribution in [2.45, 2.75) is 0 Å². The molecule has 2 N–H and O–H groups in total. The summed E-state index contributed by atoms with van der Waals surface area (Å²) in [5.74, 6) is -1.36. The molecule has 0 fully saturated rings. The van der Waals surface area contributed by atoms with Gasteiger partial charge in [0.1, 0.15) is 5.75 Å². The van der Waals surface area contributed by atoms with Crippen LogP contribution in [0.4, 0.5) is 5.69 Å². The highest BCUT2D eigenvalue weighted by atomic mass is 16.6. The molecule has 0 unspecified atom stereocenters. The van der Waals surface area contributed by atoms with Crippen molar-refractivity contribution in [3.05, 3.63) is 90.0 Å². The number of anilines is 1. The third-order valence-electron chi connectivity index (χ3n) is 4.52. The minimum absolute atomic E-state index is 0.217. The Hall–Kier alpha value is -4.92. The van der Waals surface area contributed by atoms with Gasteiger partial charge in [0.25, 0.3) is 0 Å². The zero-order valence-corrected chi connectivity index (χ0v) is 19.1. The minimum Gasteiger partial charge on any atom is -0.497 e. The van der Waals surface area contributed by atoms with Gasteiger partial charge in [0.15, 0.2) is 11.5 Å². The lowest BCUT2D eigenvalue weighted by atomic mass is 10.2. The number of hydrogen-bond donors (Lipinski definition) is 2. The number of methoxy groups -OCH3 is 2. The van der Waals surface area contributed by atoms with Gasteiger partial charge in [-0.15, -0.1) is 0 Å². The van der Waals surface area contributed by atoms with Gasteiger partial charge in [-0.3, -0.25) is 9.59 Å². The van der Waals surface area contributed by atoms with Gasteiger partial charge < -0.3 is 19.5 Å². The van der Waals surface area contributed by atoms with Crippen LogP contribution in [0.5, 0.6) is 17.2 Å². The zero-order chi connectivity index (χ0) is 25.0. The van der Waals surface area contributed by atoms with Crippen LogP contribution < -0.4 is 25.0 Å². The Bertz CT molecular complexity index is 1250. The molecular weight excluding hydrogens is 450 g/mol. The summed E-state index contributed by atoms with van der Waals surface area (Å²) in [7, 11) is 2.93. The van der Waals surface area contributed by atoms with Gasteiger partial charge in [-0.1, -0.05) is 36.4 Å². The number of esters is 1. The number of ether oxygens (including phenoxy) is 3. The third kappa shape index (κ3) is 7.57. The predicted octanol–water partition coefficient (Wildman–Crippen LogP) is 3.41. The molecule has 0 atom stereocenters. The number of nitrogens with zero attached hydrogens (tertiary/aromatic N) is 1. The third-order valence-corrected chi connectivity index (χ3v) is 4.52. The second-order valence-corrected chi connectivity index (χ2v) is 6.96. The average Bonchev–Trinajstić information content (AvgIpc) is 2.88. The smallest absolute Gasteiger partial charge is 0.336 e. The molecule has 0 heterocycles. The predicted molar refractivity (Wildman–Crippen MR) is 131 cm³/mol. The molecule has 178 valence electrons. The molecule has 0 bridgehead atoms. The topological polar surface area (TPSA) is 115 Å². The number of carbonyl (C=O) groups is 3. The molecule has 3 rings (SSSR count). The van der Waals surface area contributed by atoms with Crippen molar-refractivity contribution in [2.24, 2.45) is 5.10 Å². The van der Waals surface area contributed by atoms with Gasteiger partial charge in [-0.05, 0) is 47.5 Å². The summed E-state index contributed by atoms with van der Waals surface area (Å²) in [4.78, 5) is 36.2. The molecule has 3 aromatic carbocycles. The number of benzene rings is 3. The molecule has 0 saturated heterocycles. The Balaban J connectivity index is 1.56. The summed E-state index contributed by atoms with van der Waals surface area (Å²) in [5, 5.41) is 6.23. The summed E-state index contributed by atoms with van der Waals surface area (Å²) in [6.45, 7) is 0. The molecule has 0 aliphatic heterocycles. The molecule has 0 aromatic heterocycles. The van der Waals surface area contributed by atoms with Crippen molar-refractivity contribution in [2.75, 3.05) is 19.5 Å². The molecule has 0 aliphatic rings. The summed E-state index contributed by atoms with van der Waals surface area (Å²) < 4.78 is 15.7. The van der Waals surface area contributed by atoms with E-state index >= 15 is 0 Å². The first-order valence-electron chi connectivity index (χ1n) is 10.4. The quantitative estimate of drug-likeness (QED) is 0.129. The normalized spacial score (nSPS) is 10.7. The van der Waals surface area contributed by atoms with Crippen molar-refractivity contribution in [1.29, 1.82) is 0 Å². The summed E-state index contributed by atoms with van der Waals surface area (Å²) in [6, 6.07) is 20.6. The van der Waals surface area contributed by atoms with E-state index in [1.165, 1.54) is 32.6 Å². The molecule has 0 aliphatic carbocycles. The van der Waals surface area contributed by atoms with Crippen LogP contribution in [0.25, 0.3) is 6.08 Å². The van der Waals surface area contributed by atoms with Crippen LogP contribution in [0.15, 0.2) is 84.0 Å². The number of carbonyl (C=O) groups excluding carboxylic acids is 3. The van der Waals surface area contributed by atoms with E-state index in [2.05, 4.69) is 15.8 Å². The lowest BCUT2D eigenvalue weighted by molar-refractivity contribution is -0.136. The van der Waals surface area contributed by atoms with E-state index < -0.39 is 17.8 Å². The Morgan fingerprint density at radius 1 is 0.800 bits per heavy atom. The van der Waals surface area contributed by atoms with E-state index in [4.69, 9.17) is 14.2 Å². The molecule has 0 spiro atoms. The molecule has 35 heavy (non-hydrogen) atoms. The first-order valence-corrected chi connectivity index (χ1v) is 10.4. The van der Waals surface area contributed by atoms with Crippen molar-refractivity contribution in [3.8, 4) is 17.2 Å². The monoisotopic (exact) mass is 473 g/mol. The standard InChI is InChI=1S/C26H23N3O6/c1-33-21-10-6-9-20(16-21)28-25(31)26(32)29-27-17-19-11-13-22(23(15-19)34-2)35-24(30)14-12-18-7-4-3-5-8-18/h3-17H,1-2H3,(H,28,31)(H,29,32)/b14-12+,27-17+. The maximum absolute atomic E-state index is 12.1. The van der Waals surface area contributed by atoms with Crippen molar-refractivity contribution in [3.63, 3.8) is 0 Å². The first kappa shape index (κ1) is 24.7. The van der Waals surface area contributed by atoms with E-state index in [1.807, 2.05) is 30.3 Å². The molecular formula is C26H23N3O6. The van der Waals surface area contributed by atoms with Gasteiger partial charge in [0, 0.05) is 17.8 Å². The Kier molecular flexibility index (Phi) is 8.73. The van der Waals surface area contributed by atoms with Crippen LogP contribution in [-0.2, 0) is 14.4 Å². The number of rotatable bonds is 8. The van der Waals surface area contributed by atoms with Crippen molar-refractivity contribution >= 4 is 35.8 Å². The maximum Gasteiger partial charge on any atom is 0.336 e. The lowest BCUT2D eigenvalue weighted by Crippen LogP contribution is -2.32. The molecule has 2 amide bonds. The first-order chi connectivity index (χ1) is 17.0. The summed E-state index contributed by atoms with van der Waals surface area (Å²) >= 11 is 0. The van der Waals surface area contributed by atoms with Crippen molar-refractivity contribution < 1.29 is 28.6 Å². The van der Waals surface area contributed by atoms with Gasteiger partial charge >= 0.3 is 17.8 Å². The Labute approximate surface area is 202 Å². The van der Waals surface area contributed by atoms with Gasteiger partial charge in [-0.2, -0.15) is 5.10 Å². The zero-order valence-electron chi connectivity index (χ0n) is 19.1. The van der Waals surface area contributed by atoms with Crippen LogP contribution >= 0.6 is 0 Å². The summed E-state index contributed by atoms with van der Waals surface area (Å²) in [5.41, 5.74) is 3.95.